The molecule has 220 valence electrons. The number of ketones is 1. The smallest absolute Gasteiger partial charge is 0.352 e. The number of guanidine groups is 1. The van der Waals surface area contributed by atoms with Crippen molar-refractivity contribution in [1.29, 1.82) is 0 Å². The van der Waals surface area contributed by atoms with Crippen molar-refractivity contribution in [2.75, 3.05) is 6.54 Å². The summed E-state index contributed by atoms with van der Waals surface area (Å²) in [5, 5.41) is 0. The maximum absolute atomic E-state index is 13.8. The molecule has 3 heterocycles. The first kappa shape index (κ1) is 28.6. The minimum atomic E-state index is -0.877. The summed E-state index contributed by atoms with van der Waals surface area (Å²) in [6.45, 7) is 5.71. The lowest BCUT2D eigenvalue weighted by molar-refractivity contribution is -0.136. The van der Waals surface area contributed by atoms with Crippen LogP contribution in [0.5, 0.6) is 11.5 Å². The Bertz CT molecular complexity index is 1740. The summed E-state index contributed by atoms with van der Waals surface area (Å²) >= 11 is 0. The Kier molecular flexibility index (Phi) is 7.37. The zero-order valence-electron chi connectivity index (χ0n) is 23.6. The maximum Gasteiger partial charge on any atom is 0.352 e. The van der Waals surface area contributed by atoms with Gasteiger partial charge in [-0.05, 0) is 75.6 Å². The van der Waals surface area contributed by atoms with E-state index in [2.05, 4.69) is 4.99 Å². The number of Topliss-reactive ketones (excluding diaryl/α,β-unsaturated/α-hetero) is 1. The maximum atomic E-state index is 13.8. The third-order valence-corrected chi connectivity index (χ3v) is 7.44. The standard InChI is InChI=1S/C29H33N7O6/c1-16(37)17-6-8-18(9-7-17)35-27(39)34-14-12-21-24(36(34)28(35)40)20-11-10-19(15-23(20)42-29(21,2)3)41-25(38)22(30)5-4-13-33-26(31)32/h6-12,15,22,24H,4-5,13-14,30H2,1-3H3,(H4,31,32,33). The highest BCUT2D eigenvalue weighted by molar-refractivity contribution is 5.94. The van der Waals surface area contributed by atoms with E-state index in [4.69, 9.17) is 26.7 Å². The predicted octanol–water partition coefficient (Wildman–Crippen LogP) is 0.990. The van der Waals surface area contributed by atoms with Gasteiger partial charge in [0.05, 0.1) is 12.2 Å². The highest BCUT2D eigenvalue weighted by Gasteiger charge is 2.44. The SMILES string of the molecule is CC(=O)c1ccc(-n2c(=O)n3n(c2=O)C2C(=CC3)C(C)(C)Oc3cc(OC(=O)C(N)CCCN=C(N)N)ccc32)cc1. The minimum Gasteiger partial charge on any atom is -0.483 e. The molecule has 5 rings (SSSR count). The number of aliphatic imine (C=N–C) groups is 1. The fourth-order valence-corrected chi connectivity index (χ4v) is 5.33. The molecule has 2 aliphatic rings. The van der Waals surface area contributed by atoms with Gasteiger partial charge in [0.15, 0.2) is 11.7 Å². The number of hydrogen-bond acceptors (Lipinski definition) is 8. The van der Waals surface area contributed by atoms with Crippen LogP contribution >= 0.6 is 0 Å². The average Bonchev–Trinajstić information content (AvgIpc) is 3.19. The normalized spacial score (nSPS) is 17.0. The number of hydrogen-bond donors (Lipinski definition) is 3. The molecule has 2 unspecified atom stereocenters. The summed E-state index contributed by atoms with van der Waals surface area (Å²) in [6.07, 6.45) is 2.73. The second-order valence-corrected chi connectivity index (χ2v) is 10.8. The van der Waals surface area contributed by atoms with Gasteiger partial charge in [-0.1, -0.05) is 6.08 Å². The van der Waals surface area contributed by atoms with Crippen molar-refractivity contribution in [3.63, 3.8) is 0 Å². The van der Waals surface area contributed by atoms with Gasteiger partial charge < -0.3 is 26.7 Å². The van der Waals surface area contributed by atoms with Crippen LogP contribution in [0, 0.1) is 0 Å². The largest absolute Gasteiger partial charge is 0.483 e. The molecule has 0 aliphatic carbocycles. The molecule has 1 aromatic heterocycles. The number of nitrogens with zero attached hydrogens (tertiary/aromatic N) is 4. The van der Waals surface area contributed by atoms with E-state index < -0.39 is 35.0 Å². The van der Waals surface area contributed by atoms with E-state index in [1.165, 1.54) is 16.3 Å². The van der Waals surface area contributed by atoms with Crippen LogP contribution in [0.15, 0.2) is 68.7 Å². The van der Waals surface area contributed by atoms with Crippen molar-refractivity contribution in [2.24, 2.45) is 22.2 Å². The Morgan fingerprint density at radius 1 is 1.12 bits per heavy atom. The van der Waals surface area contributed by atoms with E-state index in [-0.39, 0.29) is 24.0 Å². The quantitative estimate of drug-likeness (QED) is 0.0668. The number of nitrogens with two attached hydrogens (primary N) is 3. The predicted molar refractivity (Wildman–Crippen MR) is 155 cm³/mol. The summed E-state index contributed by atoms with van der Waals surface area (Å²) in [4.78, 5) is 55.5. The number of allylic oxidation sites excluding steroid dienone is 1. The molecular formula is C29H33N7O6. The number of fused-ring (bicyclic) bond motifs is 5. The molecule has 13 nitrogen and oxygen atoms in total. The lowest BCUT2D eigenvalue weighted by Gasteiger charge is -2.42. The van der Waals surface area contributed by atoms with Crippen LogP contribution in [0.2, 0.25) is 0 Å². The average molecular weight is 576 g/mol. The topological polar surface area (TPSA) is 192 Å². The van der Waals surface area contributed by atoms with Crippen molar-refractivity contribution in [2.45, 2.75) is 57.8 Å². The minimum absolute atomic E-state index is 0.0294. The summed E-state index contributed by atoms with van der Waals surface area (Å²) in [5.41, 5.74) is 17.0. The van der Waals surface area contributed by atoms with Crippen LogP contribution < -0.4 is 38.1 Å². The molecule has 2 aliphatic heterocycles. The van der Waals surface area contributed by atoms with Crippen LogP contribution in [0.3, 0.4) is 0 Å². The van der Waals surface area contributed by atoms with Crippen molar-refractivity contribution in [1.82, 2.24) is 13.9 Å². The Balaban J connectivity index is 1.47. The van der Waals surface area contributed by atoms with Crippen molar-refractivity contribution >= 4 is 17.7 Å². The molecular weight excluding hydrogens is 542 g/mol. The number of esters is 1. The van der Waals surface area contributed by atoms with E-state index in [1.807, 2.05) is 19.9 Å². The molecule has 0 radical (unpaired) electrons. The molecule has 2 aromatic carbocycles. The lowest BCUT2D eigenvalue weighted by Crippen LogP contribution is -2.46. The van der Waals surface area contributed by atoms with E-state index in [1.54, 1.807) is 42.5 Å². The second kappa shape index (κ2) is 10.8. The van der Waals surface area contributed by atoms with Gasteiger partial charge in [-0.3, -0.25) is 9.79 Å². The zero-order valence-corrected chi connectivity index (χ0v) is 23.6. The molecule has 0 spiro atoms. The van der Waals surface area contributed by atoms with E-state index in [0.29, 0.717) is 42.0 Å². The highest BCUT2D eigenvalue weighted by atomic mass is 16.5. The Hall–Kier alpha value is -4.91. The molecule has 2 atom stereocenters. The number of ether oxygens (including phenoxy) is 2. The fraction of sp³-hybridized carbons (Fsp3) is 0.345. The first-order valence-electron chi connectivity index (χ1n) is 13.5. The molecule has 0 fully saturated rings. The molecule has 13 heteroatoms. The summed E-state index contributed by atoms with van der Waals surface area (Å²) in [6, 6.07) is 9.69. The van der Waals surface area contributed by atoms with Crippen molar-refractivity contribution in [3.05, 3.63) is 86.2 Å². The van der Waals surface area contributed by atoms with Gasteiger partial charge in [-0.2, -0.15) is 0 Å². The van der Waals surface area contributed by atoms with Gasteiger partial charge in [0.2, 0.25) is 0 Å². The Labute approximate surface area is 240 Å². The summed E-state index contributed by atoms with van der Waals surface area (Å²) < 4.78 is 15.7. The molecule has 6 N–H and O–H groups in total. The van der Waals surface area contributed by atoms with Crippen LogP contribution in [0.25, 0.3) is 5.69 Å². The van der Waals surface area contributed by atoms with Gasteiger partial charge >= 0.3 is 17.3 Å². The number of aromatic nitrogens is 3. The van der Waals surface area contributed by atoms with E-state index >= 15 is 0 Å². The molecule has 0 saturated carbocycles. The molecule has 42 heavy (non-hydrogen) atoms. The molecule has 3 aromatic rings. The Morgan fingerprint density at radius 2 is 1.83 bits per heavy atom. The molecule has 0 bridgehead atoms. The number of carbonyl (C=O) groups is 2. The van der Waals surface area contributed by atoms with Crippen molar-refractivity contribution < 1.29 is 19.1 Å². The zero-order chi connectivity index (χ0) is 30.3. The number of benzene rings is 2. The number of carbonyl (C=O) groups excluding carboxylic acids is 2. The first-order chi connectivity index (χ1) is 19.9. The van der Waals surface area contributed by atoms with E-state index in [9.17, 15) is 19.2 Å². The lowest BCUT2D eigenvalue weighted by atomic mass is 9.83. The highest BCUT2D eigenvalue weighted by Crippen LogP contribution is 2.47. The van der Waals surface area contributed by atoms with Gasteiger partial charge in [0.25, 0.3) is 0 Å². The molecule has 0 amide bonds. The third kappa shape index (κ3) is 5.14. The van der Waals surface area contributed by atoms with Crippen LogP contribution in [0.4, 0.5) is 0 Å². The fourth-order valence-electron chi connectivity index (χ4n) is 5.33. The van der Waals surface area contributed by atoms with Gasteiger partial charge in [-0.25, -0.2) is 28.3 Å². The van der Waals surface area contributed by atoms with Gasteiger partial charge in [-0.15, -0.1) is 0 Å². The Morgan fingerprint density at radius 3 is 2.50 bits per heavy atom. The second-order valence-electron chi connectivity index (χ2n) is 10.8. The van der Waals surface area contributed by atoms with Crippen LogP contribution in [-0.4, -0.2) is 49.8 Å². The number of rotatable bonds is 8. The molecule has 0 saturated heterocycles. The van der Waals surface area contributed by atoms with Gasteiger partial charge in [0.1, 0.15) is 29.2 Å². The summed E-state index contributed by atoms with van der Waals surface area (Å²) in [5.74, 6) is -0.138. The summed E-state index contributed by atoms with van der Waals surface area (Å²) in [7, 11) is 0. The van der Waals surface area contributed by atoms with Crippen LogP contribution in [-0.2, 0) is 11.3 Å². The van der Waals surface area contributed by atoms with Crippen LogP contribution in [0.1, 0.15) is 55.6 Å². The van der Waals surface area contributed by atoms with Gasteiger partial charge in [0, 0.05) is 23.7 Å². The first-order valence-corrected chi connectivity index (χ1v) is 13.5. The van der Waals surface area contributed by atoms with E-state index in [0.717, 1.165) is 10.1 Å². The van der Waals surface area contributed by atoms with Crippen molar-refractivity contribution in [3.8, 4) is 17.2 Å². The monoisotopic (exact) mass is 575 g/mol. The third-order valence-electron chi connectivity index (χ3n) is 7.44.